The Morgan fingerprint density at radius 2 is 2.11 bits per heavy atom. The molecule has 5 heteroatoms. The SMILES string of the molecule is CNC(C)c1cnc(CSc2ccc(F)cc2)s1. The number of nitrogens with zero attached hydrogens (tertiary/aromatic N) is 1. The van der Waals surface area contributed by atoms with Gasteiger partial charge in [-0.1, -0.05) is 0 Å². The lowest BCUT2D eigenvalue weighted by atomic mass is 10.3. The molecule has 0 spiro atoms. The van der Waals surface area contributed by atoms with Gasteiger partial charge < -0.3 is 5.32 Å². The van der Waals surface area contributed by atoms with Gasteiger partial charge in [0.2, 0.25) is 0 Å². The van der Waals surface area contributed by atoms with Crippen molar-refractivity contribution in [3.05, 3.63) is 46.2 Å². The Morgan fingerprint density at radius 3 is 2.78 bits per heavy atom. The number of halogens is 1. The maximum atomic E-state index is 12.8. The van der Waals surface area contributed by atoms with Crippen LogP contribution in [0.1, 0.15) is 22.9 Å². The summed E-state index contributed by atoms with van der Waals surface area (Å²) in [5.74, 6) is 0.631. The number of hydrogen-bond donors (Lipinski definition) is 1. The Morgan fingerprint density at radius 1 is 1.39 bits per heavy atom. The highest BCUT2D eigenvalue weighted by Gasteiger charge is 2.08. The number of aromatic nitrogens is 1. The van der Waals surface area contributed by atoms with Gasteiger partial charge in [0.25, 0.3) is 0 Å². The van der Waals surface area contributed by atoms with E-state index in [1.807, 2.05) is 13.2 Å². The lowest BCUT2D eigenvalue weighted by Crippen LogP contribution is -2.10. The topological polar surface area (TPSA) is 24.9 Å². The Labute approximate surface area is 115 Å². The van der Waals surface area contributed by atoms with Crippen LogP contribution in [0.15, 0.2) is 35.4 Å². The summed E-state index contributed by atoms with van der Waals surface area (Å²) in [5.41, 5.74) is 0. The molecule has 2 nitrogen and oxygen atoms in total. The van der Waals surface area contributed by atoms with Crippen molar-refractivity contribution in [2.45, 2.75) is 23.6 Å². The minimum Gasteiger partial charge on any atom is -0.312 e. The maximum absolute atomic E-state index is 12.8. The van der Waals surface area contributed by atoms with E-state index in [0.29, 0.717) is 6.04 Å². The van der Waals surface area contributed by atoms with E-state index in [4.69, 9.17) is 0 Å². The van der Waals surface area contributed by atoms with E-state index in [1.54, 1.807) is 35.2 Å². The molecule has 96 valence electrons. The quantitative estimate of drug-likeness (QED) is 0.843. The predicted octanol–water partition coefficient (Wildman–Crippen LogP) is 3.85. The normalized spacial score (nSPS) is 12.6. The van der Waals surface area contributed by atoms with Gasteiger partial charge in [-0.3, -0.25) is 0 Å². The molecule has 2 rings (SSSR count). The van der Waals surface area contributed by atoms with Crippen molar-refractivity contribution in [2.75, 3.05) is 7.05 Å². The third-order valence-corrected chi connectivity index (χ3v) is 4.99. The lowest BCUT2D eigenvalue weighted by molar-refractivity contribution is 0.626. The zero-order valence-corrected chi connectivity index (χ0v) is 11.9. The average Bonchev–Trinajstić information content (AvgIpc) is 2.86. The molecular weight excluding hydrogens is 267 g/mol. The van der Waals surface area contributed by atoms with Crippen LogP contribution in [0.3, 0.4) is 0 Å². The van der Waals surface area contributed by atoms with E-state index >= 15 is 0 Å². The van der Waals surface area contributed by atoms with E-state index in [0.717, 1.165) is 15.7 Å². The van der Waals surface area contributed by atoms with Crippen LogP contribution >= 0.6 is 23.1 Å². The minimum absolute atomic E-state index is 0.196. The molecule has 1 aromatic heterocycles. The Bertz CT molecular complexity index is 496. The summed E-state index contributed by atoms with van der Waals surface area (Å²) in [5, 5.41) is 4.30. The lowest BCUT2D eigenvalue weighted by Gasteiger charge is -2.04. The molecule has 0 aliphatic carbocycles. The van der Waals surface area contributed by atoms with Crippen LogP contribution in [0, 0.1) is 5.82 Å². The molecule has 1 N–H and O–H groups in total. The van der Waals surface area contributed by atoms with E-state index in [1.165, 1.54) is 17.0 Å². The molecule has 0 bridgehead atoms. The third kappa shape index (κ3) is 3.54. The first kappa shape index (κ1) is 13.5. The zero-order chi connectivity index (χ0) is 13.0. The minimum atomic E-state index is -0.196. The van der Waals surface area contributed by atoms with Crippen LogP contribution in [-0.2, 0) is 5.75 Å². The monoisotopic (exact) mass is 282 g/mol. The summed E-state index contributed by atoms with van der Waals surface area (Å²) in [6, 6.07) is 6.90. The number of nitrogens with one attached hydrogen (secondary N) is 1. The van der Waals surface area contributed by atoms with Crippen molar-refractivity contribution in [3.8, 4) is 0 Å². The molecule has 18 heavy (non-hydrogen) atoms. The average molecular weight is 282 g/mol. The van der Waals surface area contributed by atoms with Crippen LogP contribution in [-0.4, -0.2) is 12.0 Å². The van der Waals surface area contributed by atoms with Crippen LogP contribution in [0.2, 0.25) is 0 Å². The van der Waals surface area contributed by atoms with Crippen LogP contribution in [0.25, 0.3) is 0 Å². The fourth-order valence-corrected chi connectivity index (χ4v) is 3.29. The number of hydrogen-bond acceptors (Lipinski definition) is 4. The standard InChI is InChI=1S/C13H15FN2S2/c1-9(15-2)12-7-16-13(18-12)8-17-11-5-3-10(14)4-6-11/h3-7,9,15H,8H2,1-2H3. The van der Waals surface area contributed by atoms with Crippen LogP contribution in [0.5, 0.6) is 0 Å². The summed E-state index contributed by atoms with van der Waals surface area (Å²) in [6.07, 6.45) is 1.92. The van der Waals surface area contributed by atoms with Crippen LogP contribution in [0.4, 0.5) is 4.39 Å². The van der Waals surface area contributed by atoms with Crippen molar-refractivity contribution in [3.63, 3.8) is 0 Å². The highest BCUT2D eigenvalue weighted by atomic mass is 32.2. The Hall–Kier alpha value is -0.910. The Balaban J connectivity index is 1.94. The van der Waals surface area contributed by atoms with Crippen molar-refractivity contribution in [2.24, 2.45) is 0 Å². The first-order chi connectivity index (χ1) is 8.69. The Kier molecular flexibility index (Phi) is 4.74. The summed E-state index contributed by atoms with van der Waals surface area (Å²) >= 11 is 3.40. The summed E-state index contributed by atoms with van der Waals surface area (Å²) in [4.78, 5) is 6.71. The highest BCUT2D eigenvalue weighted by Crippen LogP contribution is 2.27. The molecule has 0 amide bonds. The molecule has 0 saturated carbocycles. The van der Waals surface area contributed by atoms with Crippen molar-refractivity contribution >= 4 is 23.1 Å². The van der Waals surface area contributed by atoms with Gasteiger partial charge in [-0.15, -0.1) is 23.1 Å². The van der Waals surface area contributed by atoms with Crippen molar-refractivity contribution < 1.29 is 4.39 Å². The second kappa shape index (κ2) is 6.31. The number of thiazole rings is 1. The first-order valence-electron chi connectivity index (χ1n) is 5.69. The second-order valence-electron chi connectivity index (χ2n) is 3.91. The molecule has 1 unspecified atom stereocenters. The molecular formula is C13H15FN2S2. The summed E-state index contributed by atoms with van der Waals surface area (Å²) < 4.78 is 12.8. The molecule has 2 aromatic rings. The van der Waals surface area contributed by atoms with Gasteiger partial charge in [-0.05, 0) is 38.2 Å². The smallest absolute Gasteiger partial charge is 0.123 e. The van der Waals surface area contributed by atoms with Crippen molar-refractivity contribution in [1.82, 2.24) is 10.3 Å². The number of benzene rings is 1. The first-order valence-corrected chi connectivity index (χ1v) is 7.49. The van der Waals surface area contributed by atoms with Gasteiger partial charge in [0, 0.05) is 22.0 Å². The van der Waals surface area contributed by atoms with Gasteiger partial charge in [0.05, 0.1) is 5.75 Å². The molecule has 0 fully saturated rings. The number of thioether (sulfide) groups is 1. The van der Waals surface area contributed by atoms with E-state index in [-0.39, 0.29) is 5.82 Å². The maximum Gasteiger partial charge on any atom is 0.123 e. The van der Waals surface area contributed by atoms with Gasteiger partial charge in [0.15, 0.2) is 0 Å². The second-order valence-corrected chi connectivity index (χ2v) is 6.10. The summed E-state index contributed by atoms with van der Waals surface area (Å²) in [7, 11) is 1.94. The van der Waals surface area contributed by atoms with E-state index < -0.39 is 0 Å². The van der Waals surface area contributed by atoms with Crippen molar-refractivity contribution in [1.29, 1.82) is 0 Å². The molecule has 0 aliphatic rings. The predicted molar refractivity (Wildman–Crippen MR) is 75.5 cm³/mol. The highest BCUT2D eigenvalue weighted by molar-refractivity contribution is 7.98. The van der Waals surface area contributed by atoms with E-state index in [9.17, 15) is 4.39 Å². The van der Waals surface area contributed by atoms with Gasteiger partial charge in [-0.2, -0.15) is 0 Å². The largest absolute Gasteiger partial charge is 0.312 e. The zero-order valence-electron chi connectivity index (χ0n) is 10.3. The molecule has 0 saturated heterocycles. The molecule has 1 atom stereocenters. The fourth-order valence-electron chi connectivity index (χ4n) is 1.41. The van der Waals surface area contributed by atoms with Gasteiger partial charge in [0.1, 0.15) is 10.8 Å². The molecule has 0 radical (unpaired) electrons. The fraction of sp³-hybridized carbons (Fsp3) is 0.308. The number of rotatable bonds is 5. The van der Waals surface area contributed by atoms with Crippen LogP contribution < -0.4 is 5.32 Å². The molecule has 0 aliphatic heterocycles. The molecule has 1 aromatic carbocycles. The van der Waals surface area contributed by atoms with E-state index in [2.05, 4.69) is 17.2 Å². The summed E-state index contributed by atoms with van der Waals surface area (Å²) in [6.45, 7) is 2.12. The van der Waals surface area contributed by atoms with Gasteiger partial charge >= 0.3 is 0 Å². The van der Waals surface area contributed by atoms with Gasteiger partial charge in [-0.25, -0.2) is 9.37 Å². The molecule has 1 heterocycles. The third-order valence-electron chi connectivity index (χ3n) is 2.61.